The molecule has 0 radical (unpaired) electrons. The number of hydrogen-bond acceptors (Lipinski definition) is 7. The molecule has 1 heterocycles. The molecular weight excluding hydrogens is 278 g/mol. The van der Waals surface area contributed by atoms with E-state index < -0.39 is 17.7 Å². The third-order valence-electron chi connectivity index (χ3n) is 2.42. The number of nitrogens with one attached hydrogen (secondary N) is 1. The average Bonchev–Trinajstić information content (AvgIpc) is 2.42. The molecule has 0 saturated heterocycles. The van der Waals surface area contributed by atoms with Crippen LogP contribution in [0.4, 0.5) is 4.79 Å². The maximum Gasteiger partial charge on any atom is 0.420 e. The van der Waals surface area contributed by atoms with Crippen LogP contribution in [0.2, 0.25) is 0 Å². The second-order valence-electron chi connectivity index (χ2n) is 4.64. The van der Waals surface area contributed by atoms with E-state index in [1.165, 1.54) is 12.3 Å². The van der Waals surface area contributed by atoms with Gasteiger partial charge < -0.3 is 20.3 Å². The summed E-state index contributed by atoms with van der Waals surface area (Å²) in [6.07, 6.45) is 1.05. The van der Waals surface area contributed by atoms with Gasteiger partial charge in [-0.15, -0.1) is 0 Å². The molecule has 2 amide bonds. The highest BCUT2D eigenvalue weighted by Gasteiger charge is 2.16. The van der Waals surface area contributed by atoms with Crippen molar-refractivity contribution in [3.63, 3.8) is 0 Å². The smallest absolute Gasteiger partial charge is 0.420 e. The van der Waals surface area contributed by atoms with E-state index in [9.17, 15) is 14.7 Å². The summed E-state index contributed by atoms with van der Waals surface area (Å²) in [5, 5.41) is 11.8. The number of nitrogens with zero attached hydrogens (tertiary/aromatic N) is 1. The quantitative estimate of drug-likeness (QED) is 0.709. The van der Waals surface area contributed by atoms with Crippen molar-refractivity contribution in [1.82, 2.24) is 10.3 Å². The minimum atomic E-state index is -1.08. The maximum atomic E-state index is 11.3. The second-order valence-corrected chi connectivity index (χ2v) is 4.64. The molecule has 1 aromatic rings. The molecule has 0 fully saturated rings. The van der Waals surface area contributed by atoms with Gasteiger partial charge in [0.1, 0.15) is 0 Å². The van der Waals surface area contributed by atoms with E-state index in [0.29, 0.717) is 12.5 Å². The first-order valence-corrected chi connectivity index (χ1v) is 6.46. The molecule has 0 aliphatic rings. The average molecular weight is 297 g/mol. The van der Waals surface area contributed by atoms with Crippen LogP contribution in [-0.2, 0) is 4.79 Å². The van der Waals surface area contributed by atoms with Gasteiger partial charge in [-0.2, -0.15) is 0 Å². The fourth-order valence-corrected chi connectivity index (χ4v) is 1.29. The van der Waals surface area contributed by atoms with E-state index >= 15 is 0 Å². The lowest BCUT2D eigenvalue weighted by molar-refractivity contribution is -0.118. The maximum absolute atomic E-state index is 11.3. The number of amides is 2. The molecule has 8 heteroatoms. The Morgan fingerprint density at radius 2 is 2.19 bits per heavy atom. The van der Waals surface area contributed by atoms with Gasteiger partial charge in [-0.1, -0.05) is 13.8 Å². The lowest BCUT2D eigenvalue weighted by Gasteiger charge is -2.11. The zero-order valence-electron chi connectivity index (χ0n) is 12.0. The van der Waals surface area contributed by atoms with Crippen molar-refractivity contribution >= 4 is 12.0 Å². The molecule has 116 valence electrons. The number of carbonyl (C=O) groups excluding carboxylic acids is 2. The van der Waals surface area contributed by atoms with Gasteiger partial charge in [-0.25, -0.2) is 9.78 Å². The topological polar surface area (TPSA) is 124 Å². The van der Waals surface area contributed by atoms with Crippen molar-refractivity contribution in [2.24, 2.45) is 11.7 Å². The number of carbonyl (C=O) groups is 2. The van der Waals surface area contributed by atoms with E-state index in [4.69, 9.17) is 15.2 Å². The van der Waals surface area contributed by atoms with Gasteiger partial charge in [0, 0.05) is 12.3 Å². The summed E-state index contributed by atoms with van der Waals surface area (Å²) >= 11 is 0. The lowest BCUT2D eigenvalue weighted by atomic mass is 10.1. The lowest BCUT2D eigenvalue weighted by Crippen LogP contribution is -2.37. The summed E-state index contributed by atoms with van der Waals surface area (Å²) in [7, 11) is 0. The van der Waals surface area contributed by atoms with Crippen molar-refractivity contribution in [3.8, 4) is 17.4 Å². The normalized spacial score (nSPS) is 10.3. The SMILES string of the molecule is CC(C)CCOc1ccnc(OC(=O)NC(=O)CN)c1O. The van der Waals surface area contributed by atoms with E-state index in [1.54, 1.807) is 0 Å². The Bertz CT molecular complexity index is 505. The van der Waals surface area contributed by atoms with E-state index in [-0.39, 0.29) is 18.2 Å². The van der Waals surface area contributed by atoms with Gasteiger partial charge in [0.25, 0.3) is 5.88 Å². The number of aromatic hydroxyl groups is 1. The van der Waals surface area contributed by atoms with Crippen LogP contribution in [0, 0.1) is 5.92 Å². The fraction of sp³-hybridized carbons (Fsp3) is 0.462. The Morgan fingerprint density at radius 1 is 1.48 bits per heavy atom. The van der Waals surface area contributed by atoms with Crippen molar-refractivity contribution in [3.05, 3.63) is 12.3 Å². The van der Waals surface area contributed by atoms with E-state index in [1.807, 2.05) is 19.2 Å². The molecule has 0 aromatic carbocycles. The highest BCUT2D eigenvalue weighted by atomic mass is 16.6. The molecule has 0 unspecified atom stereocenters. The molecule has 0 aliphatic carbocycles. The van der Waals surface area contributed by atoms with Crippen LogP contribution in [0.3, 0.4) is 0 Å². The van der Waals surface area contributed by atoms with Gasteiger partial charge in [0.2, 0.25) is 11.7 Å². The first-order chi connectivity index (χ1) is 9.93. The zero-order chi connectivity index (χ0) is 15.8. The van der Waals surface area contributed by atoms with Gasteiger partial charge in [0.15, 0.2) is 5.75 Å². The largest absolute Gasteiger partial charge is 0.501 e. The molecule has 21 heavy (non-hydrogen) atoms. The molecule has 1 aromatic heterocycles. The van der Waals surface area contributed by atoms with Crippen LogP contribution in [0.1, 0.15) is 20.3 Å². The van der Waals surface area contributed by atoms with Crippen LogP contribution >= 0.6 is 0 Å². The standard InChI is InChI=1S/C13H19N3O5/c1-8(2)4-6-20-9-3-5-15-12(11(9)18)21-13(19)16-10(17)7-14/h3,5,8,18H,4,6-7,14H2,1-2H3,(H,16,17,19). The van der Waals surface area contributed by atoms with Crippen LogP contribution in [0.25, 0.3) is 0 Å². The summed E-state index contributed by atoms with van der Waals surface area (Å²) in [6, 6.07) is 1.45. The summed E-state index contributed by atoms with van der Waals surface area (Å²) in [5.41, 5.74) is 5.04. The fourth-order valence-electron chi connectivity index (χ4n) is 1.29. The zero-order valence-corrected chi connectivity index (χ0v) is 12.0. The number of nitrogens with two attached hydrogens (primary N) is 1. The summed E-state index contributed by atoms with van der Waals surface area (Å²) in [6.45, 7) is 4.14. The minimum absolute atomic E-state index is 0.151. The Hall–Kier alpha value is -2.35. The van der Waals surface area contributed by atoms with Crippen molar-refractivity contribution in [2.75, 3.05) is 13.2 Å². The second kappa shape index (κ2) is 8.05. The van der Waals surface area contributed by atoms with Crippen LogP contribution < -0.4 is 20.5 Å². The first-order valence-electron chi connectivity index (χ1n) is 6.46. The first kappa shape index (κ1) is 16.7. The van der Waals surface area contributed by atoms with E-state index in [2.05, 4.69) is 4.98 Å². The van der Waals surface area contributed by atoms with E-state index in [0.717, 1.165) is 6.42 Å². The van der Waals surface area contributed by atoms with Crippen LogP contribution in [-0.4, -0.2) is 35.2 Å². The predicted molar refractivity (Wildman–Crippen MR) is 74.1 cm³/mol. The summed E-state index contributed by atoms with van der Waals surface area (Å²) in [4.78, 5) is 26.0. The Balaban J connectivity index is 2.67. The van der Waals surface area contributed by atoms with Gasteiger partial charge in [-0.3, -0.25) is 10.1 Å². The Labute approximate surface area is 122 Å². The number of imide groups is 1. The minimum Gasteiger partial charge on any atom is -0.501 e. The molecule has 1 rings (SSSR count). The molecule has 0 atom stereocenters. The Morgan fingerprint density at radius 3 is 2.81 bits per heavy atom. The van der Waals surface area contributed by atoms with Crippen molar-refractivity contribution < 1.29 is 24.2 Å². The number of rotatable bonds is 6. The van der Waals surface area contributed by atoms with Gasteiger partial charge >= 0.3 is 6.09 Å². The number of pyridine rings is 1. The third kappa shape index (κ3) is 5.65. The molecule has 0 spiro atoms. The molecule has 0 aliphatic heterocycles. The molecular formula is C13H19N3O5. The molecule has 8 nitrogen and oxygen atoms in total. The third-order valence-corrected chi connectivity index (χ3v) is 2.42. The van der Waals surface area contributed by atoms with Gasteiger partial charge in [-0.05, 0) is 12.3 Å². The van der Waals surface area contributed by atoms with Crippen LogP contribution in [0.5, 0.6) is 17.4 Å². The molecule has 0 saturated carbocycles. The monoisotopic (exact) mass is 297 g/mol. The number of ether oxygens (including phenoxy) is 2. The van der Waals surface area contributed by atoms with Gasteiger partial charge in [0.05, 0.1) is 13.2 Å². The van der Waals surface area contributed by atoms with Crippen molar-refractivity contribution in [2.45, 2.75) is 20.3 Å². The highest BCUT2D eigenvalue weighted by Crippen LogP contribution is 2.33. The summed E-state index contributed by atoms with van der Waals surface area (Å²) < 4.78 is 10.1. The molecule has 4 N–H and O–H groups in total. The predicted octanol–water partition coefficient (Wildman–Crippen LogP) is 0.786. The Kier molecular flexibility index (Phi) is 6.41. The van der Waals surface area contributed by atoms with Crippen LogP contribution in [0.15, 0.2) is 12.3 Å². The number of hydrogen-bond donors (Lipinski definition) is 3. The van der Waals surface area contributed by atoms with Crippen molar-refractivity contribution in [1.29, 1.82) is 0 Å². The number of aromatic nitrogens is 1. The molecule has 0 bridgehead atoms. The summed E-state index contributed by atoms with van der Waals surface area (Å²) in [5.74, 6) is -0.851. The highest BCUT2D eigenvalue weighted by molar-refractivity contribution is 5.93.